The van der Waals surface area contributed by atoms with E-state index in [1.165, 1.54) is 6.07 Å². The lowest BCUT2D eigenvalue weighted by atomic mass is 9.77. The average Bonchev–Trinajstić information content (AvgIpc) is 2.19. The number of hydrogen-bond donors (Lipinski definition) is 1. The highest BCUT2D eigenvalue weighted by molar-refractivity contribution is 5.25. The molecule has 84 valence electrons. The van der Waals surface area contributed by atoms with E-state index in [0.29, 0.717) is 11.5 Å². The fourth-order valence-corrected chi connectivity index (χ4v) is 2.25. The molecule has 0 heterocycles. The lowest BCUT2D eigenvalue weighted by Gasteiger charge is -2.33. The van der Waals surface area contributed by atoms with E-state index in [4.69, 9.17) is 5.73 Å². The Morgan fingerprint density at radius 2 is 1.80 bits per heavy atom. The Morgan fingerprint density at radius 1 is 1.27 bits per heavy atom. The van der Waals surface area contributed by atoms with Gasteiger partial charge in [-0.05, 0) is 18.9 Å². The summed E-state index contributed by atoms with van der Waals surface area (Å²) in [7, 11) is 0. The number of nitrogens with two attached hydrogens (primary N) is 1. The largest absolute Gasteiger partial charge is 0.321 e. The Balaban J connectivity index is 3.09. The molecule has 0 spiro atoms. The molecule has 0 fully saturated rings. The predicted molar refractivity (Wildman–Crippen MR) is 62.0 cm³/mol. The molecule has 15 heavy (non-hydrogen) atoms. The normalized spacial score (nSPS) is 15.3. The second kappa shape index (κ2) is 4.75. The summed E-state index contributed by atoms with van der Waals surface area (Å²) in [5.74, 6) is 0.115. The van der Waals surface area contributed by atoms with Gasteiger partial charge in [0.1, 0.15) is 5.82 Å². The van der Waals surface area contributed by atoms with Gasteiger partial charge in [0, 0.05) is 11.1 Å². The topological polar surface area (TPSA) is 26.0 Å². The van der Waals surface area contributed by atoms with Gasteiger partial charge in [0.2, 0.25) is 0 Å². The first-order chi connectivity index (χ1) is 7.04. The number of halogens is 1. The molecular weight excluding hydrogens is 189 g/mol. The van der Waals surface area contributed by atoms with Crippen LogP contribution in [0.4, 0.5) is 4.39 Å². The van der Waals surface area contributed by atoms with Gasteiger partial charge in [-0.15, -0.1) is 0 Å². The first kappa shape index (κ1) is 12.2. The van der Waals surface area contributed by atoms with E-state index in [1.807, 2.05) is 13.0 Å². The van der Waals surface area contributed by atoms with Crippen LogP contribution in [0.15, 0.2) is 24.3 Å². The van der Waals surface area contributed by atoms with Crippen LogP contribution in [-0.4, -0.2) is 0 Å². The monoisotopic (exact) mass is 209 g/mol. The fraction of sp³-hybridized carbons (Fsp3) is 0.538. The van der Waals surface area contributed by atoms with Gasteiger partial charge in [-0.1, -0.05) is 44.9 Å². The van der Waals surface area contributed by atoms with E-state index in [2.05, 4.69) is 13.8 Å². The van der Waals surface area contributed by atoms with Gasteiger partial charge < -0.3 is 5.73 Å². The van der Waals surface area contributed by atoms with Crippen LogP contribution in [0.25, 0.3) is 0 Å². The van der Waals surface area contributed by atoms with Crippen molar-refractivity contribution in [1.82, 2.24) is 0 Å². The Bertz CT molecular complexity index is 316. The van der Waals surface area contributed by atoms with Gasteiger partial charge in [-0.25, -0.2) is 4.39 Å². The predicted octanol–water partition coefficient (Wildman–Crippen LogP) is 3.44. The van der Waals surface area contributed by atoms with Crippen molar-refractivity contribution in [3.63, 3.8) is 0 Å². The van der Waals surface area contributed by atoms with Gasteiger partial charge in [-0.2, -0.15) is 0 Å². The molecule has 1 rings (SSSR count). The van der Waals surface area contributed by atoms with Crippen LogP contribution >= 0.6 is 0 Å². The van der Waals surface area contributed by atoms with Crippen molar-refractivity contribution in [1.29, 1.82) is 0 Å². The Hall–Kier alpha value is -0.890. The van der Waals surface area contributed by atoms with E-state index >= 15 is 0 Å². The maximum atomic E-state index is 13.6. The zero-order valence-corrected chi connectivity index (χ0v) is 9.76. The highest BCUT2D eigenvalue weighted by Gasteiger charge is 2.31. The molecule has 0 aliphatic carbocycles. The summed E-state index contributed by atoms with van der Waals surface area (Å²) < 4.78 is 13.6. The average molecular weight is 209 g/mol. The molecule has 2 N–H and O–H groups in total. The van der Waals surface area contributed by atoms with Crippen molar-refractivity contribution in [2.45, 2.75) is 39.2 Å². The van der Waals surface area contributed by atoms with Gasteiger partial charge in [0.05, 0.1) is 0 Å². The minimum absolute atomic E-state index is 0.200. The van der Waals surface area contributed by atoms with E-state index in [-0.39, 0.29) is 5.82 Å². The SMILES string of the molecule is CCC(CC)C(C)(N)c1ccccc1F. The Labute approximate surface area is 91.5 Å². The summed E-state index contributed by atoms with van der Waals surface area (Å²) in [6.45, 7) is 6.11. The van der Waals surface area contributed by atoms with Crippen molar-refractivity contribution in [3.05, 3.63) is 35.6 Å². The Kier molecular flexibility index (Phi) is 3.86. The molecule has 0 saturated carbocycles. The summed E-state index contributed by atoms with van der Waals surface area (Å²) in [6, 6.07) is 6.80. The van der Waals surface area contributed by atoms with Gasteiger partial charge in [-0.3, -0.25) is 0 Å². The summed E-state index contributed by atoms with van der Waals surface area (Å²) in [5, 5.41) is 0. The molecule has 0 aliphatic rings. The Morgan fingerprint density at radius 3 is 2.27 bits per heavy atom. The molecule has 0 saturated heterocycles. The van der Waals surface area contributed by atoms with Crippen LogP contribution in [-0.2, 0) is 5.54 Å². The third-order valence-electron chi connectivity index (χ3n) is 3.29. The van der Waals surface area contributed by atoms with E-state index in [0.717, 1.165) is 12.8 Å². The first-order valence-corrected chi connectivity index (χ1v) is 5.57. The van der Waals surface area contributed by atoms with Crippen molar-refractivity contribution >= 4 is 0 Å². The molecule has 1 aromatic rings. The molecule has 1 aromatic carbocycles. The van der Waals surface area contributed by atoms with Gasteiger partial charge >= 0.3 is 0 Å². The van der Waals surface area contributed by atoms with Crippen LogP contribution in [0, 0.1) is 11.7 Å². The van der Waals surface area contributed by atoms with Gasteiger partial charge in [0.25, 0.3) is 0 Å². The molecule has 1 atom stereocenters. The lowest BCUT2D eigenvalue weighted by Crippen LogP contribution is -2.41. The first-order valence-electron chi connectivity index (χ1n) is 5.57. The van der Waals surface area contributed by atoms with Crippen molar-refractivity contribution in [2.75, 3.05) is 0 Å². The molecular formula is C13H20FN. The minimum Gasteiger partial charge on any atom is -0.321 e. The molecule has 0 aromatic heterocycles. The van der Waals surface area contributed by atoms with E-state index in [9.17, 15) is 4.39 Å². The lowest BCUT2D eigenvalue weighted by molar-refractivity contribution is 0.274. The summed E-state index contributed by atoms with van der Waals surface area (Å²) >= 11 is 0. The summed E-state index contributed by atoms with van der Waals surface area (Å²) in [5.41, 5.74) is 6.31. The smallest absolute Gasteiger partial charge is 0.128 e. The molecule has 1 unspecified atom stereocenters. The second-order valence-electron chi connectivity index (χ2n) is 4.28. The third kappa shape index (κ3) is 2.37. The van der Waals surface area contributed by atoms with Crippen molar-refractivity contribution < 1.29 is 4.39 Å². The number of hydrogen-bond acceptors (Lipinski definition) is 1. The standard InChI is InChI=1S/C13H20FN/c1-4-10(5-2)13(3,15)11-8-6-7-9-12(11)14/h6-10H,4-5,15H2,1-3H3. The fourth-order valence-electron chi connectivity index (χ4n) is 2.25. The summed E-state index contributed by atoms with van der Waals surface area (Å²) in [4.78, 5) is 0. The van der Waals surface area contributed by atoms with E-state index in [1.54, 1.807) is 12.1 Å². The molecule has 0 bridgehead atoms. The second-order valence-corrected chi connectivity index (χ2v) is 4.28. The zero-order valence-electron chi connectivity index (χ0n) is 9.76. The highest BCUT2D eigenvalue weighted by Crippen LogP contribution is 2.32. The molecule has 0 amide bonds. The maximum absolute atomic E-state index is 13.6. The molecule has 0 aliphatic heterocycles. The number of rotatable bonds is 4. The molecule has 2 heteroatoms. The minimum atomic E-state index is -0.575. The highest BCUT2D eigenvalue weighted by atomic mass is 19.1. The maximum Gasteiger partial charge on any atom is 0.128 e. The van der Waals surface area contributed by atoms with Crippen LogP contribution in [0.2, 0.25) is 0 Å². The van der Waals surface area contributed by atoms with Crippen LogP contribution in [0.3, 0.4) is 0 Å². The summed E-state index contributed by atoms with van der Waals surface area (Å²) in [6.07, 6.45) is 1.94. The van der Waals surface area contributed by atoms with Crippen LogP contribution in [0.1, 0.15) is 39.2 Å². The van der Waals surface area contributed by atoms with E-state index < -0.39 is 5.54 Å². The number of benzene rings is 1. The van der Waals surface area contributed by atoms with Crippen LogP contribution < -0.4 is 5.73 Å². The quantitative estimate of drug-likeness (QED) is 0.807. The molecule has 0 radical (unpaired) electrons. The van der Waals surface area contributed by atoms with Crippen molar-refractivity contribution in [3.8, 4) is 0 Å². The van der Waals surface area contributed by atoms with Gasteiger partial charge in [0.15, 0.2) is 0 Å². The van der Waals surface area contributed by atoms with Crippen LogP contribution in [0.5, 0.6) is 0 Å². The zero-order chi connectivity index (χ0) is 11.5. The third-order valence-corrected chi connectivity index (χ3v) is 3.29. The molecule has 1 nitrogen and oxygen atoms in total. The van der Waals surface area contributed by atoms with Crippen molar-refractivity contribution in [2.24, 2.45) is 11.7 Å².